The molecule has 0 aromatic heterocycles. The average molecular weight is 439 g/mol. The Morgan fingerprint density at radius 1 is 1.20 bits per heavy atom. The van der Waals surface area contributed by atoms with Gasteiger partial charge in [0.15, 0.2) is 0 Å². The Morgan fingerprint density at radius 3 is 2.40 bits per heavy atom. The summed E-state index contributed by atoms with van der Waals surface area (Å²) in [6.07, 6.45) is 7.08. The highest BCUT2D eigenvalue weighted by Gasteiger charge is 2.31. The maximum Gasteiger partial charge on any atom is 0.257 e. The van der Waals surface area contributed by atoms with Crippen LogP contribution in [-0.4, -0.2) is 68.0 Å². The first-order chi connectivity index (χ1) is 14.4. The number of rotatable bonds is 8. The first kappa shape index (κ1) is 23.0. The summed E-state index contributed by atoms with van der Waals surface area (Å²) in [7, 11) is -2.20. The first-order valence-corrected chi connectivity index (χ1v) is 12.4. The number of carbonyl (C=O) groups is 1. The molecule has 1 N–H and O–H groups in total. The van der Waals surface area contributed by atoms with Gasteiger partial charge >= 0.3 is 0 Å². The average Bonchev–Trinajstić information content (AvgIpc) is 3.01. The van der Waals surface area contributed by atoms with Crippen molar-refractivity contribution in [3.05, 3.63) is 23.8 Å². The molecule has 8 heteroatoms. The van der Waals surface area contributed by atoms with Gasteiger partial charge in [-0.2, -0.15) is 4.31 Å². The zero-order valence-corrected chi connectivity index (χ0v) is 18.9. The van der Waals surface area contributed by atoms with Gasteiger partial charge in [0.25, 0.3) is 5.91 Å². The number of sulfonamides is 1. The lowest BCUT2D eigenvalue weighted by Gasteiger charge is -2.35. The number of carbonyl (C=O) groups excluding carboxylic acids is 1. The van der Waals surface area contributed by atoms with Gasteiger partial charge in [-0.1, -0.05) is 19.3 Å². The van der Waals surface area contributed by atoms with Crippen LogP contribution in [0.5, 0.6) is 5.75 Å². The predicted molar refractivity (Wildman–Crippen MR) is 115 cm³/mol. The standard InChI is InChI=1S/C22H34N2O5S/c1-17(16-25)24(15-18-8-7-9-18)22(26)20-14-19(10-11-21(20)29-2)30(27,28)23-12-5-3-4-6-13-23/h10-11,14,17-18,25H,3-9,12-13,15-16H2,1-2H3. The van der Waals surface area contributed by atoms with E-state index in [1.54, 1.807) is 17.9 Å². The number of aliphatic hydroxyl groups is 1. The Labute approximate surface area is 180 Å². The van der Waals surface area contributed by atoms with Crippen LogP contribution < -0.4 is 4.74 Å². The Hall–Kier alpha value is -1.64. The summed E-state index contributed by atoms with van der Waals surface area (Å²) in [6, 6.07) is 4.16. The van der Waals surface area contributed by atoms with Gasteiger partial charge in [0.05, 0.1) is 30.2 Å². The van der Waals surface area contributed by atoms with Crippen molar-refractivity contribution < 1.29 is 23.1 Å². The normalized spacial score (nSPS) is 19.6. The summed E-state index contributed by atoms with van der Waals surface area (Å²) in [5.41, 5.74) is 0.230. The molecule has 0 radical (unpaired) electrons. The Kier molecular flexibility index (Phi) is 7.76. The molecule has 1 aromatic carbocycles. The number of benzene rings is 1. The monoisotopic (exact) mass is 438 g/mol. The number of aliphatic hydroxyl groups excluding tert-OH is 1. The molecule has 0 bridgehead atoms. The molecule has 2 aliphatic rings. The smallest absolute Gasteiger partial charge is 0.257 e. The molecule has 1 aromatic rings. The molecule has 1 heterocycles. The Morgan fingerprint density at radius 2 is 1.87 bits per heavy atom. The number of nitrogens with zero attached hydrogens (tertiary/aromatic N) is 2. The molecule has 1 saturated carbocycles. The quantitative estimate of drug-likeness (QED) is 0.674. The highest BCUT2D eigenvalue weighted by atomic mass is 32.2. The van der Waals surface area contributed by atoms with Crippen LogP contribution in [0, 0.1) is 5.92 Å². The second-order valence-electron chi connectivity index (χ2n) is 8.47. The van der Waals surface area contributed by atoms with Gasteiger partial charge < -0.3 is 14.7 Å². The van der Waals surface area contributed by atoms with Gasteiger partial charge in [0.2, 0.25) is 10.0 Å². The van der Waals surface area contributed by atoms with Crippen LogP contribution in [0.1, 0.15) is 62.2 Å². The lowest BCUT2D eigenvalue weighted by Crippen LogP contribution is -2.45. The van der Waals surface area contributed by atoms with Crippen LogP contribution in [-0.2, 0) is 10.0 Å². The van der Waals surface area contributed by atoms with E-state index in [0.717, 1.165) is 44.9 Å². The van der Waals surface area contributed by atoms with Crippen molar-refractivity contribution in [3.8, 4) is 5.75 Å². The molecule has 30 heavy (non-hydrogen) atoms. The molecule has 1 aliphatic carbocycles. The number of hydrogen-bond acceptors (Lipinski definition) is 5. The molecule has 0 spiro atoms. The van der Waals surface area contributed by atoms with Crippen molar-refractivity contribution in [1.29, 1.82) is 0 Å². The Balaban J connectivity index is 1.93. The lowest BCUT2D eigenvalue weighted by atomic mass is 9.84. The fraction of sp³-hybridized carbons (Fsp3) is 0.682. The zero-order chi connectivity index (χ0) is 21.7. The molecule has 3 rings (SSSR count). The molecule has 1 amide bonds. The minimum absolute atomic E-state index is 0.119. The van der Waals surface area contributed by atoms with Crippen molar-refractivity contribution in [2.45, 2.75) is 62.8 Å². The van der Waals surface area contributed by atoms with E-state index in [4.69, 9.17) is 4.74 Å². The maximum atomic E-state index is 13.4. The van der Waals surface area contributed by atoms with Gasteiger partial charge in [-0.3, -0.25) is 4.79 Å². The molecule has 1 atom stereocenters. The third kappa shape index (κ3) is 4.98. The summed E-state index contributed by atoms with van der Waals surface area (Å²) < 4.78 is 33.4. The SMILES string of the molecule is COc1ccc(S(=O)(=O)N2CCCCCC2)cc1C(=O)N(CC1CCC1)C(C)CO. The van der Waals surface area contributed by atoms with Crippen LogP contribution >= 0.6 is 0 Å². The van der Waals surface area contributed by atoms with Gasteiger partial charge in [-0.05, 0) is 56.7 Å². The number of amides is 1. The van der Waals surface area contributed by atoms with Gasteiger partial charge in [0, 0.05) is 19.6 Å². The van der Waals surface area contributed by atoms with E-state index in [2.05, 4.69) is 0 Å². The fourth-order valence-electron chi connectivity index (χ4n) is 4.12. The number of methoxy groups -OCH3 is 1. The number of ether oxygens (including phenoxy) is 1. The number of hydrogen-bond donors (Lipinski definition) is 1. The van der Waals surface area contributed by atoms with E-state index in [1.165, 1.54) is 23.5 Å². The third-order valence-corrected chi connectivity index (χ3v) is 8.24. The van der Waals surface area contributed by atoms with Crippen molar-refractivity contribution in [2.75, 3.05) is 33.4 Å². The summed E-state index contributed by atoms with van der Waals surface area (Å²) in [5, 5.41) is 9.68. The molecule has 168 valence electrons. The van der Waals surface area contributed by atoms with Crippen LogP contribution in [0.15, 0.2) is 23.1 Å². The summed E-state index contributed by atoms with van der Waals surface area (Å²) >= 11 is 0. The second-order valence-corrected chi connectivity index (χ2v) is 10.4. The maximum absolute atomic E-state index is 13.4. The van der Waals surface area contributed by atoms with E-state index >= 15 is 0 Å². The highest BCUT2D eigenvalue weighted by Crippen LogP contribution is 2.31. The molecular weight excluding hydrogens is 404 g/mol. The van der Waals surface area contributed by atoms with Crippen LogP contribution in [0.3, 0.4) is 0 Å². The van der Waals surface area contributed by atoms with Crippen LogP contribution in [0.25, 0.3) is 0 Å². The van der Waals surface area contributed by atoms with Crippen LogP contribution in [0.2, 0.25) is 0 Å². The Bertz CT molecular complexity index is 830. The van der Waals surface area contributed by atoms with Gasteiger partial charge in [-0.25, -0.2) is 8.42 Å². The topological polar surface area (TPSA) is 87.2 Å². The summed E-state index contributed by atoms with van der Waals surface area (Å²) in [4.78, 5) is 15.2. The van der Waals surface area contributed by atoms with Crippen molar-refractivity contribution in [1.82, 2.24) is 9.21 Å². The second kappa shape index (κ2) is 10.1. The van der Waals surface area contributed by atoms with Crippen molar-refractivity contribution in [2.24, 2.45) is 5.92 Å². The van der Waals surface area contributed by atoms with Gasteiger partial charge in [0.1, 0.15) is 5.75 Å². The zero-order valence-electron chi connectivity index (χ0n) is 18.0. The highest BCUT2D eigenvalue weighted by molar-refractivity contribution is 7.89. The van der Waals surface area contributed by atoms with E-state index in [-0.39, 0.29) is 29.0 Å². The van der Waals surface area contributed by atoms with E-state index < -0.39 is 10.0 Å². The lowest BCUT2D eigenvalue weighted by molar-refractivity contribution is 0.0526. The third-order valence-electron chi connectivity index (χ3n) is 6.34. The molecular formula is C22H34N2O5S. The minimum Gasteiger partial charge on any atom is -0.496 e. The van der Waals surface area contributed by atoms with E-state index in [9.17, 15) is 18.3 Å². The summed E-state index contributed by atoms with van der Waals surface area (Å²) in [5.74, 6) is 0.477. The van der Waals surface area contributed by atoms with Gasteiger partial charge in [-0.15, -0.1) is 0 Å². The van der Waals surface area contributed by atoms with Crippen molar-refractivity contribution >= 4 is 15.9 Å². The molecule has 1 saturated heterocycles. The predicted octanol–water partition coefficient (Wildman–Crippen LogP) is 2.88. The summed E-state index contributed by atoms with van der Waals surface area (Å²) in [6.45, 7) is 3.24. The van der Waals surface area contributed by atoms with Crippen molar-refractivity contribution in [3.63, 3.8) is 0 Å². The first-order valence-electron chi connectivity index (χ1n) is 11.0. The molecule has 1 aliphatic heterocycles. The largest absolute Gasteiger partial charge is 0.496 e. The van der Waals surface area contributed by atoms with E-state index in [0.29, 0.717) is 31.3 Å². The van der Waals surface area contributed by atoms with Crippen LogP contribution in [0.4, 0.5) is 0 Å². The minimum atomic E-state index is -3.68. The van der Waals surface area contributed by atoms with E-state index in [1.807, 2.05) is 0 Å². The molecule has 2 fully saturated rings. The molecule has 1 unspecified atom stereocenters. The fourth-order valence-corrected chi connectivity index (χ4v) is 5.66. The molecule has 7 nitrogen and oxygen atoms in total.